The number of aryl methyl sites for hydroxylation is 1. The van der Waals surface area contributed by atoms with Gasteiger partial charge in [-0.2, -0.15) is 0 Å². The predicted octanol–water partition coefficient (Wildman–Crippen LogP) is 6.94. The van der Waals surface area contributed by atoms with E-state index in [9.17, 15) is 15.2 Å². The third-order valence-electron chi connectivity index (χ3n) is 6.13. The lowest BCUT2D eigenvalue weighted by atomic mass is 9.88. The number of nitro groups is 1. The third kappa shape index (κ3) is 3.88. The van der Waals surface area contributed by atoms with Gasteiger partial charge in [0, 0.05) is 23.8 Å². The van der Waals surface area contributed by atoms with Crippen LogP contribution in [0.25, 0.3) is 5.57 Å². The van der Waals surface area contributed by atoms with E-state index in [0.29, 0.717) is 16.8 Å². The standard InChI is InChI=1S/C29H22N2O3/c1-19-11-13-21(14-12-19)30-18-26-27(31(33)34)15-16-28(32)29(26)25-17-24(20-7-3-2-4-8-20)22-9-5-6-10-23(22)25/h2-18,25,32H,1H3. The first-order valence-corrected chi connectivity index (χ1v) is 11.0. The van der Waals surface area contributed by atoms with E-state index in [2.05, 4.69) is 11.1 Å². The van der Waals surface area contributed by atoms with Gasteiger partial charge in [-0.1, -0.05) is 78.4 Å². The van der Waals surface area contributed by atoms with E-state index in [1.807, 2.05) is 85.8 Å². The zero-order valence-corrected chi connectivity index (χ0v) is 18.6. The Hall–Kier alpha value is -4.51. The largest absolute Gasteiger partial charge is 0.508 e. The Kier molecular flexibility index (Phi) is 5.52. The normalized spacial score (nSPS) is 14.7. The molecule has 4 aromatic rings. The number of hydrogen-bond donors (Lipinski definition) is 1. The second-order valence-electron chi connectivity index (χ2n) is 8.29. The Morgan fingerprint density at radius 1 is 0.912 bits per heavy atom. The zero-order chi connectivity index (χ0) is 23.7. The molecule has 0 amide bonds. The predicted molar refractivity (Wildman–Crippen MR) is 135 cm³/mol. The molecule has 0 fully saturated rings. The molecule has 0 aromatic heterocycles. The maximum Gasteiger partial charge on any atom is 0.278 e. The number of hydrogen-bond acceptors (Lipinski definition) is 4. The molecule has 0 saturated carbocycles. The summed E-state index contributed by atoms with van der Waals surface area (Å²) in [6.45, 7) is 1.99. The van der Waals surface area contributed by atoms with Crippen molar-refractivity contribution in [2.24, 2.45) is 4.99 Å². The Bertz CT molecular complexity index is 1440. The van der Waals surface area contributed by atoms with Crippen LogP contribution in [0.15, 0.2) is 102 Å². The van der Waals surface area contributed by atoms with Crippen LogP contribution in [0.5, 0.6) is 5.75 Å². The molecule has 1 N–H and O–H groups in total. The number of benzene rings is 4. The zero-order valence-electron chi connectivity index (χ0n) is 18.6. The average Bonchev–Trinajstić information content (AvgIpc) is 3.23. The fraction of sp³-hybridized carbons (Fsp3) is 0.0690. The Balaban J connectivity index is 1.70. The fourth-order valence-corrected chi connectivity index (χ4v) is 4.47. The number of fused-ring (bicyclic) bond motifs is 1. The van der Waals surface area contributed by atoms with Crippen LogP contribution in [0.3, 0.4) is 0 Å². The number of nitro benzene ring substituents is 1. The molecule has 5 nitrogen and oxygen atoms in total. The summed E-state index contributed by atoms with van der Waals surface area (Å²) in [5.41, 5.74) is 6.59. The van der Waals surface area contributed by atoms with E-state index < -0.39 is 4.92 Å². The SMILES string of the molecule is Cc1ccc(N=Cc2c([N+](=O)[O-])ccc(O)c2C2C=C(c3ccccc3)c3ccccc32)cc1. The van der Waals surface area contributed by atoms with Gasteiger partial charge in [0.2, 0.25) is 0 Å². The minimum absolute atomic E-state index is 0.00122. The first-order chi connectivity index (χ1) is 16.5. The Morgan fingerprint density at radius 3 is 2.35 bits per heavy atom. The second kappa shape index (κ2) is 8.79. The molecule has 5 heteroatoms. The Morgan fingerprint density at radius 2 is 1.62 bits per heavy atom. The molecular weight excluding hydrogens is 424 g/mol. The van der Waals surface area contributed by atoms with Crippen LogP contribution in [0.2, 0.25) is 0 Å². The van der Waals surface area contributed by atoms with Gasteiger partial charge in [0.05, 0.1) is 16.2 Å². The highest BCUT2D eigenvalue weighted by Gasteiger charge is 2.31. The van der Waals surface area contributed by atoms with Crippen molar-refractivity contribution >= 4 is 23.2 Å². The van der Waals surface area contributed by atoms with Gasteiger partial charge >= 0.3 is 0 Å². The lowest BCUT2D eigenvalue weighted by Gasteiger charge is -2.16. The topological polar surface area (TPSA) is 75.7 Å². The van der Waals surface area contributed by atoms with Gasteiger partial charge < -0.3 is 5.11 Å². The molecule has 1 aliphatic carbocycles. The van der Waals surface area contributed by atoms with Crippen LogP contribution in [-0.2, 0) is 0 Å². The van der Waals surface area contributed by atoms with Crippen LogP contribution in [0, 0.1) is 17.0 Å². The van der Waals surface area contributed by atoms with E-state index in [4.69, 9.17) is 0 Å². The molecule has 1 aliphatic rings. The fourth-order valence-electron chi connectivity index (χ4n) is 4.47. The highest BCUT2D eigenvalue weighted by Crippen LogP contribution is 2.47. The molecule has 0 heterocycles. The van der Waals surface area contributed by atoms with Crippen molar-refractivity contribution in [2.75, 3.05) is 0 Å². The van der Waals surface area contributed by atoms with Crippen molar-refractivity contribution in [3.05, 3.63) is 141 Å². The summed E-state index contributed by atoms with van der Waals surface area (Å²) in [7, 11) is 0. The van der Waals surface area contributed by atoms with Crippen LogP contribution < -0.4 is 0 Å². The third-order valence-corrected chi connectivity index (χ3v) is 6.13. The Labute approximate surface area is 197 Å². The summed E-state index contributed by atoms with van der Waals surface area (Å²) >= 11 is 0. The molecule has 0 aliphatic heterocycles. The van der Waals surface area contributed by atoms with Gasteiger partial charge in [0.15, 0.2) is 0 Å². The first-order valence-electron chi connectivity index (χ1n) is 11.0. The first kappa shape index (κ1) is 21.3. The van der Waals surface area contributed by atoms with Gasteiger partial charge in [0.1, 0.15) is 5.75 Å². The van der Waals surface area contributed by atoms with Crippen molar-refractivity contribution in [1.82, 2.24) is 0 Å². The molecule has 4 aromatic carbocycles. The molecule has 1 unspecified atom stereocenters. The molecule has 0 radical (unpaired) electrons. The van der Waals surface area contributed by atoms with E-state index >= 15 is 0 Å². The number of nitrogens with zero attached hydrogens (tertiary/aromatic N) is 2. The minimum atomic E-state index is -0.428. The van der Waals surface area contributed by atoms with Crippen molar-refractivity contribution in [1.29, 1.82) is 0 Å². The van der Waals surface area contributed by atoms with Crippen molar-refractivity contribution in [3.63, 3.8) is 0 Å². The van der Waals surface area contributed by atoms with Crippen molar-refractivity contribution in [3.8, 4) is 5.75 Å². The lowest BCUT2D eigenvalue weighted by Crippen LogP contribution is -2.05. The number of phenols is 1. The smallest absolute Gasteiger partial charge is 0.278 e. The van der Waals surface area contributed by atoms with E-state index in [1.165, 1.54) is 18.3 Å². The number of aromatic hydroxyl groups is 1. The summed E-state index contributed by atoms with van der Waals surface area (Å²) in [4.78, 5) is 16.0. The molecule has 166 valence electrons. The summed E-state index contributed by atoms with van der Waals surface area (Å²) in [6.07, 6.45) is 3.57. The summed E-state index contributed by atoms with van der Waals surface area (Å²) in [5.74, 6) is -0.355. The lowest BCUT2D eigenvalue weighted by molar-refractivity contribution is -0.385. The maximum atomic E-state index is 11.9. The molecular formula is C29H22N2O3. The number of rotatable bonds is 5. The van der Waals surface area contributed by atoms with E-state index in [1.54, 1.807) is 0 Å². The molecule has 0 spiro atoms. The van der Waals surface area contributed by atoms with E-state index in [0.717, 1.165) is 27.8 Å². The van der Waals surface area contributed by atoms with Crippen LogP contribution in [-0.4, -0.2) is 16.2 Å². The number of phenolic OH excluding ortho intramolecular Hbond substituents is 1. The van der Waals surface area contributed by atoms with Gasteiger partial charge in [-0.05, 0) is 47.4 Å². The summed E-state index contributed by atoms with van der Waals surface area (Å²) in [6, 6.07) is 28.3. The van der Waals surface area contributed by atoms with Crippen LogP contribution in [0.1, 0.15) is 39.3 Å². The number of allylic oxidation sites excluding steroid dienone is 1. The molecule has 0 saturated heterocycles. The van der Waals surface area contributed by atoms with Crippen LogP contribution >= 0.6 is 0 Å². The van der Waals surface area contributed by atoms with Gasteiger partial charge in [-0.25, -0.2) is 0 Å². The average molecular weight is 447 g/mol. The maximum absolute atomic E-state index is 11.9. The highest BCUT2D eigenvalue weighted by molar-refractivity contribution is 5.93. The van der Waals surface area contributed by atoms with Gasteiger partial charge in [0.25, 0.3) is 5.69 Å². The summed E-state index contributed by atoms with van der Waals surface area (Å²) < 4.78 is 0. The van der Waals surface area contributed by atoms with Crippen molar-refractivity contribution < 1.29 is 10.0 Å². The van der Waals surface area contributed by atoms with Crippen LogP contribution in [0.4, 0.5) is 11.4 Å². The molecule has 1 atom stereocenters. The highest BCUT2D eigenvalue weighted by atomic mass is 16.6. The van der Waals surface area contributed by atoms with Gasteiger partial charge in [-0.3, -0.25) is 15.1 Å². The molecule has 5 rings (SSSR count). The monoisotopic (exact) mass is 446 g/mol. The molecule has 34 heavy (non-hydrogen) atoms. The van der Waals surface area contributed by atoms with E-state index in [-0.39, 0.29) is 17.4 Å². The number of aliphatic imine (C=N–C) groups is 1. The molecule has 0 bridgehead atoms. The van der Waals surface area contributed by atoms with Gasteiger partial charge in [-0.15, -0.1) is 0 Å². The minimum Gasteiger partial charge on any atom is -0.508 e. The van der Waals surface area contributed by atoms with Crippen molar-refractivity contribution in [2.45, 2.75) is 12.8 Å². The second-order valence-corrected chi connectivity index (χ2v) is 8.29. The quantitative estimate of drug-likeness (QED) is 0.205. The summed E-state index contributed by atoms with van der Waals surface area (Å²) in [5, 5.41) is 22.9.